The second kappa shape index (κ2) is 9.09. The number of carbonyl (C=O) groups excluding carboxylic acids is 4. The van der Waals surface area contributed by atoms with Crippen LogP contribution in [0.1, 0.15) is 75.1 Å². The van der Waals surface area contributed by atoms with E-state index >= 15 is 0 Å². The first-order chi connectivity index (χ1) is 15.7. The summed E-state index contributed by atoms with van der Waals surface area (Å²) in [4.78, 5) is 54.4. The summed E-state index contributed by atoms with van der Waals surface area (Å²) >= 11 is 1.38. The normalized spacial score (nSPS) is 18.2. The van der Waals surface area contributed by atoms with Crippen molar-refractivity contribution in [2.75, 3.05) is 12.4 Å². The Balaban J connectivity index is 1.68. The number of nitrogens with zero attached hydrogens (tertiary/aromatic N) is 1. The summed E-state index contributed by atoms with van der Waals surface area (Å²) in [5, 5.41) is 3.31. The van der Waals surface area contributed by atoms with E-state index in [4.69, 9.17) is 4.74 Å². The molecule has 0 saturated heterocycles. The number of nitrogens with one attached hydrogen (secondary N) is 1. The number of anilines is 1. The molecular weight excluding hydrogens is 440 g/mol. The summed E-state index contributed by atoms with van der Waals surface area (Å²) in [6.45, 7) is 6.03. The molecule has 2 unspecified atom stereocenters. The zero-order valence-corrected chi connectivity index (χ0v) is 20.1. The van der Waals surface area contributed by atoms with E-state index in [-0.39, 0.29) is 5.92 Å². The van der Waals surface area contributed by atoms with Crippen molar-refractivity contribution in [2.24, 2.45) is 11.8 Å². The van der Waals surface area contributed by atoms with E-state index in [2.05, 4.69) is 12.2 Å². The monoisotopic (exact) mass is 468 g/mol. The van der Waals surface area contributed by atoms with Crippen LogP contribution < -0.4 is 5.32 Å². The van der Waals surface area contributed by atoms with Crippen LogP contribution in [0, 0.1) is 11.8 Å². The molecule has 0 spiro atoms. The summed E-state index contributed by atoms with van der Waals surface area (Å²) in [5.41, 5.74) is 1.93. The third kappa shape index (κ3) is 4.19. The molecule has 7 nitrogen and oxygen atoms in total. The Hall–Kier alpha value is -3.00. The molecule has 2 atom stereocenters. The number of rotatable bonds is 6. The zero-order valence-electron chi connectivity index (χ0n) is 19.3. The van der Waals surface area contributed by atoms with Crippen molar-refractivity contribution >= 4 is 40.0 Å². The third-order valence-corrected chi connectivity index (χ3v) is 7.44. The Kier molecular flexibility index (Phi) is 6.38. The summed E-state index contributed by atoms with van der Waals surface area (Å²) in [6, 6.07) is 5.62. The van der Waals surface area contributed by atoms with Crippen molar-refractivity contribution in [3.8, 4) is 0 Å². The Morgan fingerprint density at radius 2 is 1.82 bits per heavy atom. The lowest BCUT2D eigenvalue weighted by molar-refractivity contribution is -0.120. The van der Waals surface area contributed by atoms with Gasteiger partial charge in [-0.2, -0.15) is 0 Å². The van der Waals surface area contributed by atoms with Crippen LogP contribution in [-0.4, -0.2) is 41.7 Å². The van der Waals surface area contributed by atoms with Gasteiger partial charge in [-0.05, 0) is 55.2 Å². The third-order valence-electron chi connectivity index (χ3n) is 6.27. The van der Waals surface area contributed by atoms with Crippen molar-refractivity contribution in [1.29, 1.82) is 0 Å². The molecule has 1 aromatic heterocycles. The molecule has 1 aromatic carbocycles. The molecular formula is C25H28N2O5S. The van der Waals surface area contributed by atoms with Crippen LogP contribution in [0.15, 0.2) is 24.3 Å². The highest BCUT2D eigenvalue weighted by Crippen LogP contribution is 2.40. The first-order valence-electron chi connectivity index (χ1n) is 11.2. The van der Waals surface area contributed by atoms with Gasteiger partial charge in [0.25, 0.3) is 11.8 Å². The van der Waals surface area contributed by atoms with Crippen LogP contribution >= 0.6 is 11.3 Å². The van der Waals surface area contributed by atoms with Gasteiger partial charge in [0, 0.05) is 4.88 Å². The maximum absolute atomic E-state index is 13.5. The quantitative estimate of drug-likeness (QED) is 0.504. The number of esters is 1. The number of amides is 3. The van der Waals surface area contributed by atoms with Crippen LogP contribution in [0.25, 0.3) is 0 Å². The Morgan fingerprint density at radius 3 is 2.39 bits per heavy atom. The van der Waals surface area contributed by atoms with Crippen molar-refractivity contribution in [3.63, 3.8) is 0 Å². The maximum Gasteiger partial charge on any atom is 0.341 e. The molecule has 0 fully saturated rings. The van der Waals surface area contributed by atoms with Gasteiger partial charge in [0.05, 0.1) is 23.8 Å². The minimum atomic E-state index is -0.985. The predicted octanol–water partition coefficient (Wildman–Crippen LogP) is 4.31. The number of ether oxygens (including phenoxy) is 1. The van der Waals surface area contributed by atoms with Crippen LogP contribution in [-0.2, 0) is 22.4 Å². The first kappa shape index (κ1) is 23.2. The topological polar surface area (TPSA) is 92.8 Å². The van der Waals surface area contributed by atoms with E-state index in [1.54, 1.807) is 24.3 Å². The number of fused-ring (bicyclic) bond motifs is 2. The molecule has 0 radical (unpaired) electrons. The van der Waals surface area contributed by atoms with Gasteiger partial charge in [0.15, 0.2) is 0 Å². The summed E-state index contributed by atoms with van der Waals surface area (Å²) in [7, 11) is 1.32. The minimum absolute atomic E-state index is 0.0579. The van der Waals surface area contributed by atoms with E-state index in [0.29, 0.717) is 34.0 Å². The SMILES string of the molecule is COC(=O)c1c(NC(=O)C(CC(C)C)N2C(=O)c3ccccc3C2=O)sc2c1CCC(C)C2. The Bertz CT molecular complexity index is 1100. The van der Waals surface area contributed by atoms with Crippen LogP contribution in [0.3, 0.4) is 0 Å². The summed E-state index contributed by atoms with van der Waals surface area (Å²) < 4.78 is 5.01. The molecule has 2 aliphatic rings. The fourth-order valence-corrected chi connectivity index (χ4v) is 6.02. The van der Waals surface area contributed by atoms with E-state index in [1.165, 1.54) is 18.4 Å². The van der Waals surface area contributed by atoms with Gasteiger partial charge < -0.3 is 10.1 Å². The molecule has 174 valence electrons. The van der Waals surface area contributed by atoms with E-state index in [1.807, 2.05) is 13.8 Å². The molecule has 1 aliphatic carbocycles. The predicted molar refractivity (Wildman–Crippen MR) is 126 cm³/mol. The summed E-state index contributed by atoms with van der Waals surface area (Å²) in [6.07, 6.45) is 2.87. The van der Waals surface area contributed by atoms with E-state index in [9.17, 15) is 19.2 Å². The van der Waals surface area contributed by atoms with E-state index < -0.39 is 29.7 Å². The molecule has 2 heterocycles. The van der Waals surface area contributed by atoms with Gasteiger partial charge >= 0.3 is 5.97 Å². The number of methoxy groups -OCH3 is 1. The average molecular weight is 469 g/mol. The average Bonchev–Trinajstić information content (AvgIpc) is 3.25. The fourth-order valence-electron chi connectivity index (χ4n) is 4.62. The highest BCUT2D eigenvalue weighted by atomic mass is 32.1. The largest absolute Gasteiger partial charge is 0.465 e. The van der Waals surface area contributed by atoms with Gasteiger partial charge in [-0.3, -0.25) is 19.3 Å². The van der Waals surface area contributed by atoms with Gasteiger partial charge in [-0.15, -0.1) is 11.3 Å². The highest BCUT2D eigenvalue weighted by Gasteiger charge is 2.43. The Morgan fingerprint density at radius 1 is 1.18 bits per heavy atom. The molecule has 8 heteroatoms. The minimum Gasteiger partial charge on any atom is -0.465 e. The number of hydrogen-bond donors (Lipinski definition) is 1. The zero-order chi connectivity index (χ0) is 23.9. The molecule has 4 rings (SSSR count). The number of thiophene rings is 1. The molecule has 0 saturated carbocycles. The van der Waals surface area contributed by atoms with Crippen molar-refractivity contribution in [1.82, 2.24) is 4.90 Å². The number of benzene rings is 1. The van der Waals surface area contributed by atoms with Gasteiger partial charge in [-0.1, -0.05) is 32.9 Å². The molecule has 0 bridgehead atoms. The lowest BCUT2D eigenvalue weighted by atomic mass is 9.88. The second-order valence-corrected chi connectivity index (χ2v) is 10.3. The van der Waals surface area contributed by atoms with Gasteiger partial charge in [0.2, 0.25) is 5.91 Å². The number of hydrogen-bond acceptors (Lipinski definition) is 6. The standard InChI is InChI=1S/C25H28N2O5S/c1-13(2)11-18(27-23(29)15-7-5-6-8-16(15)24(27)30)21(28)26-22-20(25(31)32-4)17-10-9-14(3)12-19(17)33-22/h5-8,13-14,18H,9-12H2,1-4H3,(H,26,28). The van der Waals surface area contributed by atoms with Gasteiger partial charge in [0.1, 0.15) is 11.0 Å². The van der Waals surface area contributed by atoms with Crippen LogP contribution in [0.2, 0.25) is 0 Å². The summed E-state index contributed by atoms with van der Waals surface area (Å²) in [5.74, 6) is -1.35. The molecule has 2 aromatic rings. The molecule has 1 N–H and O–H groups in total. The van der Waals surface area contributed by atoms with E-state index in [0.717, 1.165) is 34.6 Å². The Labute approximate surface area is 197 Å². The van der Waals surface area contributed by atoms with Crippen molar-refractivity contribution in [3.05, 3.63) is 51.4 Å². The number of imide groups is 1. The maximum atomic E-state index is 13.5. The van der Waals surface area contributed by atoms with Crippen LogP contribution in [0.5, 0.6) is 0 Å². The molecule has 1 aliphatic heterocycles. The second-order valence-electron chi connectivity index (χ2n) is 9.21. The lowest BCUT2D eigenvalue weighted by Crippen LogP contribution is -2.48. The highest BCUT2D eigenvalue weighted by molar-refractivity contribution is 7.17. The van der Waals surface area contributed by atoms with Gasteiger partial charge in [-0.25, -0.2) is 4.79 Å². The van der Waals surface area contributed by atoms with Crippen LogP contribution in [0.4, 0.5) is 5.00 Å². The smallest absolute Gasteiger partial charge is 0.341 e. The lowest BCUT2D eigenvalue weighted by Gasteiger charge is -2.26. The first-order valence-corrected chi connectivity index (χ1v) is 12.0. The van der Waals surface area contributed by atoms with Crippen molar-refractivity contribution in [2.45, 2.75) is 52.5 Å². The molecule has 33 heavy (non-hydrogen) atoms. The number of carbonyl (C=O) groups is 4. The van der Waals surface area contributed by atoms with Crippen molar-refractivity contribution < 1.29 is 23.9 Å². The fraction of sp³-hybridized carbons (Fsp3) is 0.440. The molecule has 3 amide bonds.